The van der Waals surface area contributed by atoms with Crippen molar-refractivity contribution in [3.8, 4) is 5.75 Å². The number of amides is 1. The number of carbonyl (C=O) groups excluding carboxylic acids is 2. The summed E-state index contributed by atoms with van der Waals surface area (Å²) in [5, 5.41) is 10.1. The van der Waals surface area contributed by atoms with E-state index in [4.69, 9.17) is 0 Å². The van der Waals surface area contributed by atoms with E-state index in [9.17, 15) is 14.7 Å². The number of nitrogens with one attached hydrogen (secondary N) is 1. The van der Waals surface area contributed by atoms with Gasteiger partial charge in [0, 0.05) is 49.3 Å². The molecular formula is C15H17N3O3. The van der Waals surface area contributed by atoms with E-state index >= 15 is 0 Å². The van der Waals surface area contributed by atoms with E-state index in [2.05, 4.69) is 9.88 Å². The number of Topliss-reactive ketones (excluding diaryl/α,β-unsaturated/α-hetero) is 1. The Morgan fingerprint density at radius 2 is 1.90 bits per heavy atom. The molecule has 2 heterocycles. The summed E-state index contributed by atoms with van der Waals surface area (Å²) in [5.74, 6) is -0.845. The summed E-state index contributed by atoms with van der Waals surface area (Å²) in [6.07, 6.45) is 1.53. The van der Waals surface area contributed by atoms with Crippen molar-refractivity contribution in [2.45, 2.75) is 0 Å². The highest BCUT2D eigenvalue weighted by Crippen LogP contribution is 2.23. The fourth-order valence-corrected chi connectivity index (χ4v) is 2.57. The van der Waals surface area contributed by atoms with Crippen LogP contribution in [-0.2, 0) is 4.79 Å². The molecule has 1 aromatic heterocycles. The Bertz CT molecular complexity index is 699. The van der Waals surface area contributed by atoms with Crippen molar-refractivity contribution in [2.75, 3.05) is 33.2 Å². The summed E-state index contributed by atoms with van der Waals surface area (Å²) in [6, 6.07) is 4.69. The molecule has 110 valence electrons. The Kier molecular flexibility index (Phi) is 3.39. The molecule has 2 N–H and O–H groups in total. The summed E-state index contributed by atoms with van der Waals surface area (Å²) in [5.41, 5.74) is 0.999. The van der Waals surface area contributed by atoms with Crippen LogP contribution < -0.4 is 0 Å². The molecule has 0 saturated carbocycles. The van der Waals surface area contributed by atoms with Crippen LogP contribution in [-0.4, -0.2) is 64.8 Å². The molecule has 0 atom stereocenters. The van der Waals surface area contributed by atoms with Crippen molar-refractivity contribution >= 4 is 22.6 Å². The molecule has 6 nitrogen and oxygen atoms in total. The van der Waals surface area contributed by atoms with Gasteiger partial charge in [0.2, 0.25) is 0 Å². The highest BCUT2D eigenvalue weighted by atomic mass is 16.3. The minimum absolute atomic E-state index is 0.119. The Labute approximate surface area is 122 Å². The van der Waals surface area contributed by atoms with Gasteiger partial charge in [-0.2, -0.15) is 0 Å². The van der Waals surface area contributed by atoms with Gasteiger partial charge in [0.1, 0.15) is 5.75 Å². The van der Waals surface area contributed by atoms with Gasteiger partial charge in [-0.3, -0.25) is 9.59 Å². The maximum absolute atomic E-state index is 12.4. The fourth-order valence-electron chi connectivity index (χ4n) is 2.57. The summed E-state index contributed by atoms with van der Waals surface area (Å²) < 4.78 is 0. The van der Waals surface area contributed by atoms with Crippen LogP contribution >= 0.6 is 0 Å². The first-order valence-electron chi connectivity index (χ1n) is 6.88. The minimum atomic E-state index is -0.503. The first-order valence-corrected chi connectivity index (χ1v) is 6.88. The van der Waals surface area contributed by atoms with E-state index in [1.165, 1.54) is 18.3 Å². The molecule has 6 heteroatoms. The van der Waals surface area contributed by atoms with Crippen molar-refractivity contribution < 1.29 is 14.7 Å². The zero-order valence-corrected chi connectivity index (χ0v) is 11.8. The molecule has 21 heavy (non-hydrogen) atoms. The summed E-state index contributed by atoms with van der Waals surface area (Å²) >= 11 is 0. The van der Waals surface area contributed by atoms with Crippen LogP contribution in [0.3, 0.4) is 0 Å². The van der Waals surface area contributed by atoms with Crippen molar-refractivity contribution in [3.05, 3.63) is 30.0 Å². The zero-order chi connectivity index (χ0) is 15.0. The smallest absolute Gasteiger partial charge is 0.295 e. The monoisotopic (exact) mass is 287 g/mol. The number of piperazine rings is 1. The Balaban J connectivity index is 1.85. The first-order chi connectivity index (χ1) is 10.1. The number of phenols is 1. The van der Waals surface area contributed by atoms with Gasteiger partial charge in [0.15, 0.2) is 0 Å². The van der Waals surface area contributed by atoms with E-state index in [1.807, 2.05) is 7.05 Å². The van der Waals surface area contributed by atoms with Gasteiger partial charge in [-0.15, -0.1) is 0 Å². The molecule has 1 amide bonds. The van der Waals surface area contributed by atoms with Crippen molar-refractivity contribution in [1.29, 1.82) is 0 Å². The SMILES string of the molecule is CN1CCN(C(=O)C(=O)c2c[nH]c3cc(O)ccc23)CC1. The van der Waals surface area contributed by atoms with E-state index in [-0.39, 0.29) is 5.75 Å². The molecule has 1 fully saturated rings. The largest absolute Gasteiger partial charge is 0.508 e. The normalized spacial score (nSPS) is 16.3. The average Bonchev–Trinajstić information content (AvgIpc) is 2.89. The predicted octanol–water partition coefficient (Wildman–Crippen LogP) is 0.830. The Hall–Kier alpha value is -2.34. The Morgan fingerprint density at radius 1 is 1.19 bits per heavy atom. The molecule has 3 rings (SSSR count). The molecule has 1 aliphatic rings. The van der Waals surface area contributed by atoms with E-state index < -0.39 is 11.7 Å². The third kappa shape index (κ3) is 2.50. The van der Waals surface area contributed by atoms with Crippen molar-refractivity contribution in [3.63, 3.8) is 0 Å². The topological polar surface area (TPSA) is 76.6 Å². The number of aromatic nitrogens is 1. The van der Waals surface area contributed by atoms with Crippen molar-refractivity contribution in [2.24, 2.45) is 0 Å². The second-order valence-corrected chi connectivity index (χ2v) is 5.36. The fraction of sp³-hybridized carbons (Fsp3) is 0.333. The highest BCUT2D eigenvalue weighted by Gasteiger charge is 2.27. The standard InChI is InChI=1S/C15H17N3O3/c1-17-4-6-18(7-5-17)15(21)14(20)12-9-16-13-8-10(19)2-3-11(12)13/h2-3,8-9,16,19H,4-7H2,1H3. The molecule has 1 aromatic carbocycles. The number of phenolic OH excluding ortho intramolecular Hbond substituents is 1. The van der Waals surface area contributed by atoms with Crippen LogP contribution in [0.5, 0.6) is 5.75 Å². The quantitative estimate of drug-likeness (QED) is 0.633. The number of hydrogen-bond acceptors (Lipinski definition) is 4. The van der Waals surface area contributed by atoms with Crippen LogP contribution in [0.25, 0.3) is 10.9 Å². The summed E-state index contributed by atoms with van der Waals surface area (Å²) in [7, 11) is 2.00. The number of nitrogens with zero attached hydrogens (tertiary/aromatic N) is 2. The van der Waals surface area contributed by atoms with E-state index in [1.54, 1.807) is 11.0 Å². The zero-order valence-electron chi connectivity index (χ0n) is 11.8. The molecule has 0 radical (unpaired) electrons. The van der Waals surface area contributed by atoms with Gasteiger partial charge in [-0.25, -0.2) is 0 Å². The number of carbonyl (C=O) groups is 2. The van der Waals surface area contributed by atoms with E-state index in [0.717, 1.165) is 13.1 Å². The number of benzene rings is 1. The predicted molar refractivity (Wildman–Crippen MR) is 78.4 cm³/mol. The minimum Gasteiger partial charge on any atom is -0.508 e. The lowest BCUT2D eigenvalue weighted by atomic mass is 10.1. The molecular weight excluding hydrogens is 270 g/mol. The second-order valence-electron chi connectivity index (χ2n) is 5.36. The van der Waals surface area contributed by atoms with Crippen LogP contribution in [0.2, 0.25) is 0 Å². The number of aromatic amines is 1. The first kappa shape index (κ1) is 13.6. The molecule has 2 aromatic rings. The number of likely N-dealkylation sites (N-methyl/N-ethyl adjacent to an activating group) is 1. The van der Waals surface area contributed by atoms with Crippen LogP contribution in [0, 0.1) is 0 Å². The summed E-state index contributed by atoms with van der Waals surface area (Å²) in [4.78, 5) is 31.3. The molecule has 0 unspecified atom stereocenters. The third-order valence-electron chi connectivity index (χ3n) is 3.89. The van der Waals surface area contributed by atoms with E-state index in [0.29, 0.717) is 29.6 Å². The number of H-pyrrole nitrogens is 1. The van der Waals surface area contributed by atoms with Crippen LogP contribution in [0.1, 0.15) is 10.4 Å². The van der Waals surface area contributed by atoms with Gasteiger partial charge in [-0.1, -0.05) is 0 Å². The van der Waals surface area contributed by atoms with Gasteiger partial charge in [-0.05, 0) is 19.2 Å². The highest BCUT2D eigenvalue weighted by molar-refractivity contribution is 6.44. The number of hydrogen-bond donors (Lipinski definition) is 2. The van der Waals surface area contributed by atoms with Gasteiger partial charge < -0.3 is 19.9 Å². The van der Waals surface area contributed by atoms with Crippen LogP contribution in [0.15, 0.2) is 24.4 Å². The van der Waals surface area contributed by atoms with Gasteiger partial charge in [0.05, 0.1) is 5.56 Å². The molecule has 0 bridgehead atoms. The maximum Gasteiger partial charge on any atom is 0.295 e. The van der Waals surface area contributed by atoms with Crippen LogP contribution in [0.4, 0.5) is 0 Å². The number of aromatic hydroxyl groups is 1. The Morgan fingerprint density at radius 3 is 2.62 bits per heavy atom. The second kappa shape index (κ2) is 5.21. The maximum atomic E-state index is 12.4. The summed E-state index contributed by atoms with van der Waals surface area (Å²) in [6.45, 7) is 2.70. The lowest BCUT2D eigenvalue weighted by Crippen LogP contribution is -2.49. The lowest BCUT2D eigenvalue weighted by Gasteiger charge is -2.31. The average molecular weight is 287 g/mol. The molecule has 0 aliphatic carbocycles. The number of fused-ring (bicyclic) bond motifs is 1. The van der Waals surface area contributed by atoms with Gasteiger partial charge in [0.25, 0.3) is 11.7 Å². The third-order valence-corrected chi connectivity index (χ3v) is 3.89. The molecule has 1 saturated heterocycles. The lowest BCUT2D eigenvalue weighted by molar-refractivity contribution is -0.127. The van der Waals surface area contributed by atoms with Gasteiger partial charge >= 0.3 is 0 Å². The molecule has 0 spiro atoms. The molecule has 1 aliphatic heterocycles. The number of rotatable bonds is 2. The van der Waals surface area contributed by atoms with Crippen molar-refractivity contribution in [1.82, 2.24) is 14.8 Å². The number of ketones is 1.